The van der Waals surface area contributed by atoms with Gasteiger partial charge in [-0.3, -0.25) is 9.10 Å². The van der Waals surface area contributed by atoms with Gasteiger partial charge in [-0.25, -0.2) is 8.42 Å². The van der Waals surface area contributed by atoms with Crippen molar-refractivity contribution in [2.24, 2.45) is 0 Å². The van der Waals surface area contributed by atoms with E-state index in [0.717, 1.165) is 18.4 Å². The largest absolute Gasteiger partial charge is 0.493 e. The van der Waals surface area contributed by atoms with E-state index in [4.69, 9.17) is 9.47 Å². The van der Waals surface area contributed by atoms with Gasteiger partial charge in [0, 0.05) is 12.2 Å². The van der Waals surface area contributed by atoms with Gasteiger partial charge in [-0.05, 0) is 48.7 Å². The number of rotatable bonds is 5. The summed E-state index contributed by atoms with van der Waals surface area (Å²) in [6, 6.07) is 10.3. The molecule has 1 heterocycles. The molecular weight excluding hydrogens is 368 g/mol. The molecule has 0 aliphatic carbocycles. The molecule has 0 bridgehead atoms. The molecule has 2 aromatic rings. The van der Waals surface area contributed by atoms with Crippen LogP contribution in [-0.4, -0.2) is 41.3 Å². The summed E-state index contributed by atoms with van der Waals surface area (Å²) in [5, 5.41) is 2.85. The zero-order valence-corrected chi connectivity index (χ0v) is 16.3. The number of carbonyl (C=O) groups excluding carboxylic acids is 1. The highest BCUT2D eigenvalue weighted by atomic mass is 32.2. The molecule has 0 radical (unpaired) electrons. The fourth-order valence-corrected chi connectivity index (χ4v) is 4.25. The van der Waals surface area contributed by atoms with Gasteiger partial charge in [0.1, 0.15) is 0 Å². The topological polar surface area (TPSA) is 84.9 Å². The molecule has 0 saturated heterocycles. The third kappa shape index (κ3) is 3.85. The molecule has 0 atom stereocenters. The molecule has 27 heavy (non-hydrogen) atoms. The summed E-state index contributed by atoms with van der Waals surface area (Å²) in [5.74, 6) is 0.500. The van der Waals surface area contributed by atoms with Gasteiger partial charge in [-0.2, -0.15) is 0 Å². The lowest BCUT2D eigenvalue weighted by Gasteiger charge is -2.29. The number of sulfonamides is 1. The van der Waals surface area contributed by atoms with Crippen LogP contribution >= 0.6 is 0 Å². The highest BCUT2D eigenvalue weighted by molar-refractivity contribution is 7.92. The summed E-state index contributed by atoms with van der Waals surface area (Å²) in [6.45, 7) is 0.471. The molecule has 0 unspecified atom stereocenters. The Morgan fingerprint density at radius 1 is 1.15 bits per heavy atom. The van der Waals surface area contributed by atoms with Crippen molar-refractivity contribution in [3.05, 3.63) is 47.5 Å². The monoisotopic (exact) mass is 390 g/mol. The van der Waals surface area contributed by atoms with Gasteiger partial charge in [0.15, 0.2) is 11.5 Å². The van der Waals surface area contributed by atoms with Crippen LogP contribution in [0.3, 0.4) is 0 Å². The fraction of sp³-hybridized carbons (Fsp3) is 0.316. The average Bonchev–Trinajstić information content (AvgIpc) is 2.65. The van der Waals surface area contributed by atoms with Crippen LogP contribution in [0.25, 0.3) is 0 Å². The van der Waals surface area contributed by atoms with E-state index in [9.17, 15) is 13.2 Å². The Balaban J connectivity index is 1.89. The maximum Gasteiger partial charge on any atom is 0.259 e. The number of anilines is 2. The van der Waals surface area contributed by atoms with Gasteiger partial charge in [0.2, 0.25) is 10.0 Å². The van der Waals surface area contributed by atoms with E-state index in [-0.39, 0.29) is 5.91 Å². The minimum absolute atomic E-state index is 0.332. The highest BCUT2D eigenvalue weighted by Gasteiger charge is 2.24. The van der Waals surface area contributed by atoms with E-state index < -0.39 is 10.0 Å². The van der Waals surface area contributed by atoms with E-state index in [1.807, 2.05) is 6.07 Å². The van der Waals surface area contributed by atoms with Crippen molar-refractivity contribution in [1.82, 2.24) is 0 Å². The number of benzene rings is 2. The molecule has 3 rings (SSSR count). The van der Waals surface area contributed by atoms with Crippen LogP contribution in [0, 0.1) is 0 Å². The van der Waals surface area contributed by atoms with Gasteiger partial charge in [-0.1, -0.05) is 6.07 Å². The Labute approximate surface area is 158 Å². The predicted octanol–water partition coefficient (Wildman–Crippen LogP) is 2.67. The molecule has 0 saturated carbocycles. The van der Waals surface area contributed by atoms with Gasteiger partial charge >= 0.3 is 0 Å². The first kappa shape index (κ1) is 19.0. The molecule has 2 aromatic carbocycles. The first-order valence-electron chi connectivity index (χ1n) is 8.48. The minimum Gasteiger partial charge on any atom is -0.493 e. The van der Waals surface area contributed by atoms with Crippen molar-refractivity contribution in [2.75, 3.05) is 36.6 Å². The summed E-state index contributed by atoms with van der Waals surface area (Å²) in [7, 11) is -0.329. The van der Waals surface area contributed by atoms with Crippen molar-refractivity contribution in [3.8, 4) is 11.5 Å². The number of ether oxygens (including phenoxy) is 2. The molecule has 1 N–H and O–H groups in total. The lowest BCUT2D eigenvalue weighted by Crippen LogP contribution is -2.34. The van der Waals surface area contributed by atoms with E-state index >= 15 is 0 Å². The quantitative estimate of drug-likeness (QED) is 0.848. The molecule has 1 aliphatic heterocycles. The summed E-state index contributed by atoms with van der Waals surface area (Å²) < 4.78 is 35.9. The third-order valence-electron chi connectivity index (χ3n) is 4.46. The van der Waals surface area contributed by atoms with Crippen molar-refractivity contribution in [3.63, 3.8) is 0 Å². The second kappa shape index (κ2) is 7.48. The van der Waals surface area contributed by atoms with Crippen molar-refractivity contribution < 1.29 is 22.7 Å². The number of para-hydroxylation sites is 1. The van der Waals surface area contributed by atoms with Crippen LogP contribution in [0.2, 0.25) is 0 Å². The molecule has 1 aliphatic rings. The SMILES string of the molecule is COc1cccc(C(=O)Nc2ccc3c(c2)CCCN3S(C)(=O)=O)c1OC. The number of carbonyl (C=O) groups is 1. The summed E-state index contributed by atoms with van der Waals surface area (Å²) >= 11 is 0. The zero-order chi connectivity index (χ0) is 19.6. The van der Waals surface area contributed by atoms with Crippen LogP contribution in [0.1, 0.15) is 22.3 Å². The Kier molecular flexibility index (Phi) is 5.27. The van der Waals surface area contributed by atoms with Crippen molar-refractivity contribution in [2.45, 2.75) is 12.8 Å². The second-order valence-electron chi connectivity index (χ2n) is 6.28. The molecule has 8 heteroatoms. The molecule has 0 fully saturated rings. The molecule has 144 valence electrons. The van der Waals surface area contributed by atoms with Crippen molar-refractivity contribution >= 4 is 27.3 Å². The Morgan fingerprint density at radius 2 is 1.93 bits per heavy atom. The summed E-state index contributed by atoms with van der Waals surface area (Å²) in [6.07, 6.45) is 2.70. The predicted molar refractivity (Wildman–Crippen MR) is 104 cm³/mol. The standard InChI is InChI=1S/C19H22N2O5S/c1-25-17-8-4-7-15(18(17)26-2)19(22)20-14-9-10-16-13(12-14)6-5-11-21(16)27(3,23)24/h4,7-10,12H,5-6,11H2,1-3H3,(H,20,22). The smallest absolute Gasteiger partial charge is 0.259 e. The maximum atomic E-state index is 12.7. The summed E-state index contributed by atoms with van der Waals surface area (Å²) in [5.41, 5.74) is 2.51. The Bertz CT molecular complexity index is 972. The number of nitrogens with zero attached hydrogens (tertiary/aromatic N) is 1. The van der Waals surface area contributed by atoms with Crippen LogP contribution in [0.15, 0.2) is 36.4 Å². The molecule has 7 nitrogen and oxygen atoms in total. The van der Waals surface area contributed by atoms with Crippen LogP contribution < -0.4 is 19.1 Å². The number of fused-ring (bicyclic) bond motifs is 1. The number of nitrogens with one attached hydrogen (secondary N) is 1. The number of hydrogen-bond donors (Lipinski definition) is 1. The van der Waals surface area contributed by atoms with E-state index in [1.54, 1.807) is 30.3 Å². The molecule has 0 spiro atoms. The minimum atomic E-state index is -3.32. The Hall–Kier alpha value is -2.74. The van der Waals surface area contributed by atoms with E-state index in [1.165, 1.54) is 24.8 Å². The maximum absolute atomic E-state index is 12.7. The lowest BCUT2D eigenvalue weighted by molar-refractivity contribution is 0.102. The first-order valence-corrected chi connectivity index (χ1v) is 10.3. The van der Waals surface area contributed by atoms with Crippen molar-refractivity contribution in [1.29, 1.82) is 0 Å². The fourth-order valence-electron chi connectivity index (χ4n) is 3.25. The number of amides is 1. The van der Waals surface area contributed by atoms with Gasteiger partial charge in [0.05, 0.1) is 31.7 Å². The zero-order valence-electron chi connectivity index (χ0n) is 15.5. The highest BCUT2D eigenvalue weighted by Crippen LogP contribution is 2.33. The molecule has 1 amide bonds. The number of methoxy groups -OCH3 is 2. The Morgan fingerprint density at radius 3 is 2.59 bits per heavy atom. The second-order valence-corrected chi connectivity index (χ2v) is 8.18. The third-order valence-corrected chi connectivity index (χ3v) is 5.64. The lowest BCUT2D eigenvalue weighted by atomic mass is 10.0. The molecular formula is C19H22N2O5S. The average molecular weight is 390 g/mol. The van der Waals surface area contributed by atoms with Gasteiger partial charge in [-0.15, -0.1) is 0 Å². The first-order chi connectivity index (χ1) is 12.8. The van der Waals surface area contributed by atoms with Crippen LogP contribution in [-0.2, 0) is 16.4 Å². The van der Waals surface area contributed by atoms with Gasteiger partial charge < -0.3 is 14.8 Å². The molecule has 0 aromatic heterocycles. The van der Waals surface area contributed by atoms with Crippen LogP contribution in [0.5, 0.6) is 11.5 Å². The van der Waals surface area contributed by atoms with Crippen LogP contribution in [0.4, 0.5) is 11.4 Å². The van der Waals surface area contributed by atoms with Gasteiger partial charge in [0.25, 0.3) is 5.91 Å². The summed E-state index contributed by atoms with van der Waals surface area (Å²) in [4.78, 5) is 12.7. The normalized spacial score (nSPS) is 13.7. The van der Waals surface area contributed by atoms with E-state index in [2.05, 4.69) is 5.32 Å². The van der Waals surface area contributed by atoms with E-state index in [0.29, 0.717) is 35.0 Å². The number of hydrogen-bond acceptors (Lipinski definition) is 5. The number of aryl methyl sites for hydroxylation is 1.